The smallest absolute Gasteiger partial charge is 0.377 e. The number of aryl methyl sites for hydroxylation is 1. The van der Waals surface area contributed by atoms with Gasteiger partial charge in [0.05, 0.1) is 24.8 Å². The van der Waals surface area contributed by atoms with Crippen LogP contribution >= 0.6 is 0 Å². The fourth-order valence-corrected chi connectivity index (χ4v) is 4.10. The fourth-order valence-electron chi connectivity index (χ4n) is 4.10. The zero-order valence-electron chi connectivity index (χ0n) is 17.4. The van der Waals surface area contributed by atoms with E-state index in [0.29, 0.717) is 53.6 Å². The van der Waals surface area contributed by atoms with Crippen LogP contribution in [0.1, 0.15) is 12.6 Å². The maximum Gasteiger partial charge on any atom is 0.433 e. The molecule has 1 aliphatic heterocycles. The molecule has 1 N–H and O–H groups in total. The highest BCUT2D eigenvalue weighted by molar-refractivity contribution is 6.00. The summed E-state index contributed by atoms with van der Waals surface area (Å²) >= 11 is 0. The van der Waals surface area contributed by atoms with E-state index in [-0.39, 0.29) is 11.6 Å². The van der Waals surface area contributed by atoms with E-state index in [1.165, 1.54) is 12.1 Å². The molecule has 11 heteroatoms. The van der Waals surface area contributed by atoms with Crippen LogP contribution in [-0.4, -0.2) is 55.7 Å². The second kappa shape index (κ2) is 7.59. The lowest BCUT2D eigenvalue weighted by atomic mass is 10.0. The van der Waals surface area contributed by atoms with E-state index in [4.69, 9.17) is 9.72 Å². The molecule has 1 atom stereocenters. The Morgan fingerprint density at radius 2 is 2.06 bits per heavy atom. The van der Waals surface area contributed by atoms with Crippen LogP contribution in [0.4, 0.5) is 19.0 Å². The Hall–Kier alpha value is -3.47. The summed E-state index contributed by atoms with van der Waals surface area (Å²) < 4.78 is 48.6. The molecule has 0 unspecified atom stereocenters. The number of pyridine rings is 2. The highest BCUT2D eigenvalue weighted by atomic mass is 19.4. The van der Waals surface area contributed by atoms with Crippen LogP contribution in [0.25, 0.3) is 33.5 Å². The molecular formula is C21H20F3N7O. The lowest BCUT2D eigenvalue weighted by Crippen LogP contribution is -2.44. The van der Waals surface area contributed by atoms with Crippen molar-refractivity contribution >= 4 is 16.9 Å². The van der Waals surface area contributed by atoms with Gasteiger partial charge in [0.15, 0.2) is 5.69 Å². The van der Waals surface area contributed by atoms with Gasteiger partial charge >= 0.3 is 6.18 Å². The number of halogens is 3. The number of H-pyrrole nitrogens is 1. The first kappa shape index (κ1) is 20.4. The number of ether oxygens (including phenoxy) is 1. The second-order valence-electron chi connectivity index (χ2n) is 7.67. The van der Waals surface area contributed by atoms with E-state index in [2.05, 4.69) is 20.3 Å². The van der Waals surface area contributed by atoms with Crippen LogP contribution in [0, 0.1) is 0 Å². The van der Waals surface area contributed by atoms with Gasteiger partial charge in [-0.25, -0.2) is 4.98 Å². The van der Waals surface area contributed by atoms with Crippen molar-refractivity contribution in [3.05, 3.63) is 42.4 Å². The van der Waals surface area contributed by atoms with E-state index in [1.54, 1.807) is 30.1 Å². The van der Waals surface area contributed by atoms with E-state index < -0.39 is 11.9 Å². The van der Waals surface area contributed by atoms with Gasteiger partial charge in [-0.2, -0.15) is 23.4 Å². The number of fused-ring (bicyclic) bond motifs is 1. The van der Waals surface area contributed by atoms with E-state index in [1.807, 2.05) is 11.8 Å². The second-order valence-corrected chi connectivity index (χ2v) is 7.67. The quantitative estimate of drug-likeness (QED) is 0.520. The molecule has 4 aromatic rings. The molecule has 4 aromatic heterocycles. The van der Waals surface area contributed by atoms with Crippen molar-refractivity contribution in [2.24, 2.45) is 7.05 Å². The molecule has 1 fully saturated rings. The average molecular weight is 443 g/mol. The first-order valence-electron chi connectivity index (χ1n) is 10.1. The van der Waals surface area contributed by atoms with E-state index in [9.17, 15) is 13.2 Å². The first-order valence-corrected chi connectivity index (χ1v) is 10.1. The van der Waals surface area contributed by atoms with Crippen molar-refractivity contribution in [3.63, 3.8) is 0 Å². The van der Waals surface area contributed by atoms with Gasteiger partial charge in [-0.1, -0.05) is 6.07 Å². The molecule has 5 rings (SSSR count). The van der Waals surface area contributed by atoms with Gasteiger partial charge in [-0.05, 0) is 25.1 Å². The van der Waals surface area contributed by atoms with Crippen LogP contribution < -0.4 is 4.90 Å². The lowest BCUT2D eigenvalue weighted by molar-refractivity contribution is -0.140. The number of anilines is 1. The molecule has 166 valence electrons. The van der Waals surface area contributed by atoms with Crippen molar-refractivity contribution < 1.29 is 17.9 Å². The summed E-state index contributed by atoms with van der Waals surface area (Å²) in [5, 5.41) is 11.5. The Balaban J connectivity index is 1.83. The van der Waals surface area contributed by atoms with Crippen molar-refractivity contribution in [2.45, 2.75) is 19.1 Å². The van der Waals surface area contributed by atoms with E-state index in [0.717, 1.165) is 6.20 Å². The molecular weight excluding hydrogens is 423 g/mol. The number of nitrogens with one attached hydrogen (secondary N) is 1. The molecule has 5 heterocycles. The number of nitrogens with zero attached hydrogens (tertiary/aromatic N) is 6. The molecule has 0 bridgehead atoms. The maximum atomic E-state index is 13.8. The molecule has 1 saturated heterocycles. The van der Waals surface area contributed by atoms with Crippen LogP contribution in [-0.2, 0) is 18.0 Å². The lowest BCUT2D eigenvalue weighted by Gasteiger charge is -2.34. The van der Waals surface area contributed by atoms with Crippen molar-refractivity contribution in [1.29, 1.82) is 0 Å². The van der Waals surface area contributed by atoms with E-state index >= 15 is 0 Å². The monoisotopic (exact) mass is 443 g/mol. The van der Waals surface area contributed by atoms with Gasteiger partial charge in [0.25, 0.3) is 0 Å². The number of alkyl halides is 3. The van der Waals surface area contributed by atoms with Crippen LogP contribution in [0.3, 0.4) is 0 Å². The summed E-state index contributed by atoms with van der Waals surface area (Å²) in [6, 6.07) is 6.38. The minimum Gasteiger partial charge on any atom is -0.377 e. The van der Waals surface area contributed by atoms with Crippen LogP contribution in [0.2, 0.25) is 0 Å². The number of hydrogen-bond donors (Lipinski definition) is 1. The molecule has 0 radical (unpaired) electrons. The van der Waals surface area contributed by atoms with Gasteiger partial charge in [0, 0.05) is 37.1 Å². The zero-order chi connectivity index (χ0) is 22.5. The van der Waals surface area contributed by atoms with Crippen LogP contribution in [0.15, 0.2) is 36.7 Å². The third-order valence-electron chi connectivity index (χ3n) is 5.55. The average Bonchev–Trinajstić information content (AvgIpc) is 3.41. The predicted molar refractivity (Wildman–Crippen MR) is 112 cm³/mol. The van der Waals surface area contributed by atoms with Crippen LogP contribution in [0.5, 0.6) is 0 Å². The Bertz CT molecular complexity index is 1270. The summed E-state index contributed by atoms with van der Waals surface area (Å²) in [6.45, 7) is 3.60. The standard InChI is InChI=1S/C21H20F3N7O/c1-12-11-32-9-8-31(12)16-10-14(13-4-3-6-25-20(13)21(22,23)24)19-18(27-16)17(29-30(19)2)15-5-7-26-28-15/h3-7,10,12H,8-9,11H2,1-2H3,(H,26,28)/t12-/m1/s1. The summed E-state index contributed by atoms with van der Waals surface area (Å²) in [5.74, 6) is 0.560. The van der Waals surface area contributed by atoms with Crippen molar-refractivity contribution in [2.75, 3.05) is 24.7 Å². The number of rotatable bonds is 3. The first-order chi connectivity index (χ1) is 15.3. The summed E-state index contributed by atoms with van der Waals surface area (Å²) in [6.07, 6.45) is -1.80. The number of aromatic amines is 1. The molecule has 0 spiro atoms. The number of morpholine rings is 1. The minimum absolute atomic E-state index is 0.0167. The fraction of sp³-hybridized carbons (Fsp3) is 0.333. The molecule has 1 aliphatic rings. The highest BCUT2D eigenvalue weighted by Crippen LogP contribution is 2.41. The molecule has 0 saturated carbocycles. The number of aromatic nitrogens is 6. The van der Waals surface area contributed by atoms with Gasteiger partial charge in [0.1, 0.15) is 22.7 Å². The third kappa shape index (κ3) is 3.38. The van der Waals surface area contributed by atoms with Gasteiger partial charge in [-0.15, -0.1) is 0 Å². The van der Waals surface area contributed by atoms with Crippen molar-refractivity contribution in [3.8, 4) is 22.5 Å². The maximum absolute atomic E-state index is 13.8. The SMILES string of the molecule is C[C@@H]1COCCN1c1cc(-c2cccnc2C(F)(F)F)c2c(n1)c(-c1cc[nH]n1)nn2C. The number of hydrogen-bond acceptors (Lipinski definition) is 6. The Kier molecular flexibility index (Phi) is 4.85. The van der Waals surface area contributed by atoms with Crippen molar-refractivity contribution in [1.82, 2.24) is 29.9 Å². The highest BCUT2D eigenvalue weighted by Gasteiger charge is 2.36. The van der Waals surface area contributed by atoms with Gasteiger partial charge in [0.2, 0.25) is 0 Å². The molecule has 0 amide bonds. The predicted octanol–water partition coefficient (Wildman–Crippen LogP) is 3.66. The van der Waals surface area contributed by atoms with Gasteiger partial charge < -0.3 is 9.64 Å². The normalized spacial score (nSPS) is 17.3. The molecule has 0 aromatic carbocycles. The zero-order valence-corrected chi connectivity index (χ0v) is 17.4. The minimum atomic E-state index is -4.61. The Labute approximate surface area is 181 Å². The third-order valence-corrected chi connectivity index (χ3v) is 5.55. The summed E-state index contributed by atoms with van der Waals surface area (Å²) in [4.78, 5) is 10.5. The summed E-state index contributed by atoms with van der Waals surface area (Å²) in [5.41, 5.74) is 1.39. The topological polar surface area (TPSA) is 84.8 Å². The largest absolute Gasteiger partial charge is 0.433 e. The molecule has 8 nitrogen and oxygen atoms in total. The van der Waals surface area contributed by atoms with Gasteiger partial charge in [-0.3, -0.25) is 14.8 Å². The summed E-state index contributed by atoms with van der Waals surface area (Å²) in [7, 11) is 1.68. The molecule has 0 aliphatic carbocycles. The molecule has 32 heavy (non-hydrogen) atoms. The Morgan fingerprint density at radius 1 is 1.22 bits per heavy atom. The Morgan fingerprint density at radius 3 is 2.78 bits per heavy atom.